The SMILES string of the molecule is COc1ccc(-c2cc3n(n2)C(NC2CC2)CNC3=O)cc1. The van der Waals surface area contributed by atoms with Crippen LogP contribution in [0.5, 0.6) is 5.75 Å². The molecule has 1 aromatic carbocycles. The second-order valence-electron chi connectivity index (χ2n) is 5.75. The molecule has 1 atom stereocenters. The first kappa shape index (κ1) is 13.3. The van der Waals surface area contributed by atoms with E-state index in [1.807, 2.05) is 35.0 Å². The Morgan fingerprint density at radius 1 is 1.32 bits per heavy atom. The minimum Gasteiger partial charge on any atom is -0.497 e. The van der Waals surface area contributed by atoms with Gasteiger partial charge >= 0.3 is 0 Å². The maximum atomic E-state index is 12.1. The van der Waals surface area contributed by atoms with Crippen molar-refractivity contribution >= 4 is 5.91 Å². The van der Waals surface area contributed by atoms with Crippen LogP contribution < -0.4 is 15.4 Å². The molecule has 1 aliphatic carbocycles. The minimum absolute atomic E-state index is 0.0344. The molecule has 1 amide bonds. The van der Waals surface area contributed by atoms with Crippen LogP contribution in [-0.2, 0) is 0 Å². The fraction of sp³-hybridized carbons (Fsp3) is 0.375. The molecule has 2 heterocycles. The lowest BCUT2D eigenvalue weighted by Crippen LogP contribution is -2.45. The molecule has 1 fully saturated rings. The summed E-state index contributed by atoms with van der Waals surface area (Å²) in [4.78, 5) is 12.1. The summed E-state index contributed by atoms with van der Waals surface area (Å²) in [6.45, 7) is 0.575. The van der Waals surface area contributed by atoms with Crippen molar-refractivity contribution in [1.82, 2.24) is 20.4 Å². The Labute approximate surface area is 128 Å². The first-order valence-electron chi connectivity index (χ1n) is 7.53. The zero-order valence-electron chi connectivity index (χ0n) is 12.4. The van der Waals surface area contributed by atoms with Crippen LogP contribution in [0.15, 0.2) is 30.3 Å². The molecule has 114 valence electrons. The molecule has 0 spiro atoms. The number of carbonyl (C=O) groups is 1. The number of hydrogen-bond donors (Lipinski definition) is 2. The molecule has 0 saturated heterocycles. The number of carbonyl (C=O) groups excluding carboxylic acids is 1. The summed E-state index contributed by atoms with van der Waals surface area (Å²) in [5, 5.41) is 11.1. The zero-order chi connectivity index (χ0) is 15.1. The van der Waals surface area contributed by atoms with Gasteiger partial charge < -0.3 is 10.1 Å². The van der Waals surface area contributed by atoms with E-state index in [4.69, 9.17) is 4.74 Å². The van der Waals surface area contributed by atoms with Crippen molar-refractivity contribution in [1.29, 1.82) is 0 Å². The number of rotatable bonds is 4. The molecule has 6 nitrogen and oxygen atoms in total. The molecule has 1 unspecified atom stereocenters. The highest BCUT2D eigenvalue weighted by atomic mass is 16.5. The summed E-state index contributed by atoms with van der Waals surface area (Å²) >= 11 is 0. The van der Waals surface area contributed by atoms with E-state index in [1.165, 1.54) is 12.8 Å². The Kier molecular flexibility index (Phi) is 3.11. The predicted octanol–water partition coefficient (Wildman–Crippen LogP) is 1.55. The average Bonchev–Trinajstić information content (AvgIpc) is 3.25. The van der Waals surface area contributed by atoms with Crippen LogP contribution in [0.25, 0.3) is 11.3 Å². The molecule has 1 aromatic heterocycles. The highest BCUT2D eigenvalue weighted by Gasteiger charge is 2.31. The normalized spacial score (nSPS) is 20.4. The van der Waals surface area contributed by atoms with Crippen LogP contribution in [0, 0.1) is 0 Å². The first-order chi connectivity index (χ1) is 10.7. The van der Waals surface area contributed by atoms with Gasteiger partial charge in [0.05, 0.1) is 19.3 Å². The van der Waals surface area contributed by atoms with E-state index < -0.39 is 0 Å². The third-order valence-corrected chi connectivity index (χ3v) is 4.11. The van der Waals surface area contributed by atoms with Gasteiger partial charge in [-0.2, -0.15) is 5.10 Å². The third kappa shape index (κ3) is 2.35. The van der Waals surface area contributed by atoms with E-state index in [2.05, 4.69) is 15.7 Å². The van der Waals surface area contributed by atoms with Crippen molar-refractivity contribution in [2.45, 2.75) is 25.0 Å². The Bertz CT molecular complexity index is 703. The van der Waals surface area contributed by atoms with Gasteiger partial charge in [-0.25, -0.2) is 4.68 Å². The molecular formula is C16H18N4O2. The van der Waals surface area contributed by atoms with Crippen LogP contribution in [0.3, 0.4) is 0 Å². The molecule has 0 bridgehead atoms. The van der Waals surface area contributed by atoms with E-state index in [0.29, 0.717) is 18.3 Å². The average molecular weight is 298 g/mol. The maximum absolute atomic E-state index is 12.1. The molecule has 2 aromatic rings. The molecular weight excluding hydrogens is 280 g/mol. The minimum atomic E-state index is -0.0684. The van der Waals surface area contributed by atoms with E-state index in [-0.39, 0.29) is 12.1 Å². The number of hydrogen-bond acceptors (Lipinski definition) is 4. The highest BCUT2D eigenvalue weighted by molar-refractivity contribution is 5.94. The number of methoxy groups -OCH3 is 1. The van der Waals surface area contributed by atoms with Gasteiger partial charge in [0, 0.05) is 11.6 Å². The molecule has 1 saturated carbocycles. The number of ether oxygens (including phenoxy) is 1. The standard InChI is InChI=1S/C16H18N4O2/c1-22-12-6-2-10(3-7-12)13-8-14-16(21)17-9-15(20(14)19-13)18-11-4-5-11/h2-3,6-8,11,15,18H,4-5,9H2,1H3,(H,17,21). The lowest BCUT2D eigenvalue weighted by molar-refractivity contribution is 0.0900. The molecule has 1 aliphatic heterocycles. The van der Waals surface area contributed by atoms with E-state index in [0.717, 1.165) is 17.0 Å². The summed E-state index contributed by atoms with van der Waals surface area (Å²) in [5.74, 6) is 0.736. The van der Waals surface area contributed by atoms with E-state index >= 15 is 0 Å². The molecule has 2 N–H and O–H groups in total. The summed E-state index contributed by atoms with van der Waals surface area (Å²) < 4.78 is 6.99. The molecule has 6 heteroatoms. The molecule has 22 heavy (non-hydrogen) atoms. The van der Waals surface area contributed by atoms with E-state index in [1.54, 1.807) is 7.11 Å². The zero-order valence-corrected chi connectivity index (χ0v) is 12.4. The monoisotopic (exact) mass is 298 g/mol. The summed E-state index contributed by atoms with van der Waals surface area (Å²) in [7, 11) is 1.64. The Balaban J connectivity index is 1.68. The van der Waals surface area contributed by atoms with Crippen molar-refractivity contribution in [3.63, 3.8) is 0 Å². The summed E-state index contributed by atoms with van der Waals surface area (Å²) in [5.41, 5.74) is 2.38. The lowest BCUT2D eigenvalue weighted by Gasteiger charge is -2.25. The third-order valence-electron chi connectivity index (χ3n) is 4.11. The van der Waals surface area contributed by atoms with Crippen LogP contribution in [-0.4, -0.2) is 35.4 Å². The van der Waals surface area contributed by atoms with Gasteiger partial charge in [-0.05, 0) is 43.2 Å². The van der Waals surface area contributed by atoms with Gasteiger partial charge in [-0.1, -0.05) is 0 Å². The van der Waals surface area contributed by atoms with Crippen molar-refractivity contribution in [2.24, 2.45) is 0 Å². The highest BCUT2D eigenvalue weighted by Crippen LogP contribution is 2.27. The summed E-state index contributed by atoms with van der Waals surface area (Å²) in [6, 6.07) is 10.1. The largest absolute Gasteiger partial charge is 0.497 e. The van der Waals surface area contributed by atoms with Crippen LogP contribution in [0.1, 0.15) is 29.5 Å². The maximum Gasteiger partial charge on any atom is 0.269 e. The van der Waals surface area contributed by atoms with Crippen LogP contribution >= 0.6 is 0 Å². The number of aromatic nitrogens is 2. The number of nitrogens with one attached hydrogen (secondary N) is 2. The van der Waals surface area contributed by atoms with Crippen molar-refractivity contribution in [2.75, 3.05) is 13.7 Å². The molecule has 4 rings (SSSR count). The van der Waals surface area contributed by atoms with Crippen LogP contribution in [0.2, 0.25) is 0 Å². The van der Waals surface area contributed by atoms with Gasteiger partial charge in [0.2, 0.25) is 0 Å². The Hall–Kier alpha value is -2.34. The number of amides is 1. The van der Waals surface area contributed by atoms with Crippen molar-refractivity contribution in [3.8, 4) is 17.0 Å². The van der Waals surface area contributed by atoms with E-state index in [9.17, 15) is 4.79 Å². The first-order valence-corrected chi connectivity index (χ1v) is 7.53. The summed E-state index contributed by atoms with van der Waals surface area (Å²) in [6.07, 6.45) is 2.44. The Morgan fingerprint density at radius 2 is 2.09 bits per heavy atom. The fourth-order valence-electron chi connectivity index (χ4n) is 2.72. The lowest BCUT2D eigenvalue weighted by atomic mass is 10.1. The van der Waals surface area contributed by atoms with Gasteiger partial charge in [-0.15, -0.1) is 0 Å². The second-order valence-corrected chi connectivity index (χ2v) is 5.75. The molecule has 2 aliphatic rings. The van der Waals surface area contributed by atoms with Crippen LogP contribution in [0.4, 0.5) is 0 Å². The number of benzene rings is 1. The predicted molar refractivity (Wildman–Crippen MR) is 81.7 cm³/mol. The fourth-order valence-corrected chi connectivity index (χ4v) is 2.72. The topological polar surface area (TPSA) is 68.2 Å². The van der Waals surface area contributed by atoms with Gasteiger partial charge in [0.1, 0.15) is 17.6 Å². The molecule has 0 radical (unpaired) electrons. The smallest absolute Gasteiger partial charge is 0.269 e. The van der Waals surface area contributed by atoms with Gasteiger partial charge in [0.25, 0.3) is 5.91 Å². The second kappa shape index (κ2) is 5.14. The van der Waals surface area contributed by atoms with Crippen molar-refractivity contribution < 1.29 is 9.53 Å². The van der Waals surface area contributed by atoms with Crippen molar-refractivity contribution in [3.05, 3.63) is 36.0 Å². The number of fused-ring (bicyclic) bond motifs is 1. The Morgan fingerprint density at radius 3 is 2.77 bits per heavy atom. The quantitative estimate of drug-likeness (QED) is 0.898. The van der Waals surface area contributed by atoms with Gasteiger partial charge in [-0.3, -0.25) is 10.1 Å². The van der Waals surface area contributed by atoms with Gasteiger partial charge in [0.15, 0.2) is 0 Å². The number of nitrogens with zero attached hydrogens (tertiary/aromatic N) is 2.